The zero-order chi connectivity index (χ0) is 12.7. The van der Waals surface area contributed by atoms with E-state index in [2.05, 4.69) is 13.8 Å². The van der Waals surface area contributed by atoms with Gasteiger partial charge >= 0.3 is 0 Å². The van der Waals surface area contributed by atoms with Gasteiger partial charge in [0.1, 0.15) is 11.5 Å². The molecule has 0 saturated heterocycles. The Labute approximate surface area is 102 Å². The fourth-order valence-corrected chi connectivity index (χ4v) is 1.93. The molecule has 0 unspecified atom stereocenters. The molecule has 0 radical (unpaired) electrons. The third kappa shape index (κ3) is 4.42. The molecule has 1 nitrogen and oxygen atoms in total. The van der Waals surface area contributed by atoms with Crippen LogP contribution in [0, 0.1) is 6.92 Å². The van der Waals surface area contributed by atoms with E-state index in [0.29, 0.717) is 6.04 Å². The summed E-state index contributed by atoms with van der Waals surface area (Å²) in [6.07, 6.45) is 9.23. The number of hydrogen-bond acceptors (Lipinski definition) is 1. The average Bonchev–Trinajstić information content (AvgIpc) is 2.60. The summed E-state index contributed by atoms with van der Waals surface area (Å²) < 4.78 is 13.9. The summed E-state index contributed by atoms with van der Waals surface area (Å²) in [6, 6.07) is 0.643. The van der Waals surface area contributed by atoms with Crippen molar-refractivity contribution in [3.63, 3.8) is 0 Å². The van der Waals surface area contributed by atoms with Crippen LogP contribution in [0.15, 0.2) is 10.5 Å². The molecule has 0 N–H and O–H groups in total. The molecule has 0 amide bonds. The van der Waals surface area contributed by atoms with Crippen LogP contribution < -0.4 is 0 Å². The maximum Gasteiger partial charge on any atom is 0.107 e. The summed E-state index contributed by atoms with van der Waals surface area (Å²) >= 11 is 0. The first kappa shape index (κ1) is 11.8. The standard InChI is InChI=1S/C15H26O/c1-4-6-8-9-11-15-13(3)12-14(16-15)10-7-5-2/h12H,4-11H2,1-3H3/i12D. The summed E-state index contributed by atoms with van der Waals surface area (Å²) in [5.74, 6) is 1.95. The highest BCUT2D eigenvalue weighted by atomic mass is 16.3. The van der Waals surface area contributed by atoms with E-state index in [4.69, 9.17) is 5.79 Å². The average molecular weight is 223 g/mol. The van der Waals surface area contributed by atoms with Gasteiger partial charge in [-0.2, -0.15) is 0 Å². The van der Waals surface area contributed by atoms with Crippen molar-refractivity contribution in [2.75, 3.05) is 0 Å². The third-order valence-corrected chi connectivity index (χ3v) is 3.01. The van der Waals surface area contributed by atoms with E-state index in [1.54, 1.807) is 0 Å². The van der Waals surface area contributed by atoms with Crippen molar-refractivity contribution >= 4 is 0 Å². The minimum absolute atomic E-state index is 0.643. The second-order valence-electron chi connectivity index (χ2n) is 4.61. The van der Waals surface area contributed by atoms with E-state index in [9.17, 15) is 0 Å². The molecule has 0 spiro atoms. The minimum Gasteiger partial charge on any atom is -0.466 e. The second kappa shape index (κ2) is 7.54. The van der Waals surface area contributed by atoms with Crippen LogP contribution in [0.2, 0.25) is 0 Å². The lowest BCUT2D eigenvalue weighted by Gasteiger charge is -1.99. The molecular formula is C15H26O. The molecule has 0 aliphatic heterocycles. The summed E-state index contributed by atoms with van der Waals surface area (Å²) in [5, 5.41) is 0. The number of unbranched alkanes of at least 4 members (excludes halogenated alkanes) is 4. The first-order valence-corrected chi connectivity index (χ1v) is 6.78. The van der Waals surface area contributed by atoms with Crippen molar-refractivity contribution in [2.45, 2.75) is 72.1 Å². The van der Waals surface area contributed by atoms with E-state index in [1.807, 2.05) is 6.92 Å². The van der Waals surface area contributed by atoms with Gasteiger partial charge in [0.25, 0.3) is 0 Å². The molecular weight excluding hydrogens is 196 g/mol. The fourth-order valence-electron chi connectivity index (χ4n) is 1.93. The summed E-state index contributed by atoms with van der Waals surface area (Å²) in [5.41, 5.74) is 1.06. The molecule has 16 heavy (non-hydrogen) atoms. The largest absolute Gasteiger partial charge is 0.466 e. The number of rotatable bonds is 8. The molecule has 0 aliphatic carbocycles. The van der Waals surface area contributed by atoms with Crippen LogP contribution in [0.5, 0.6) is 0 Å². The normalized spacial score (nSPS) is 11.8. The predicted octanol–water partition coefficient (Wildman–Crippen LogP) is 5.05. The van der Waals surface area contributed by atoms with Gasteiger partial charge in [-0.15, -0.1) is 0 Å². The molecule has 92 valence electrons. The van der Waals surface area contributed by atoms with Crippen molar-refractivity contribution in [1.29, 1.82) is 0 Å². The van der Waals surface area contributed by atoms with E-state index < -0.39 is 0 Å². The lowest BCUT2D eigenvalue weighted by Crippen LogP contribution is -1.85. The molecule has 0 aromatic carbocycles. The van der Waals surface area contributed by atoms with Crippen LogP contribution >= 0.6 is 0 Å². The summed E-state index contributed by atoms with van der Waals surface area (Å²) in [6.45, 7) is 6.42. The van der Waals surface area contributed by atoms with Crippen molar-refractivity contribution < 1.29 is 5.79 Å². The number of hydrogen-bond donors (Lipinski definition) is 0. The Morgan fingerprint density at radius 1 is 1.06 bits per heavy atom. The highest BCUT2D eigenvalue weighted by molar-refractivity contribution is 5.20. The molecule has 1 heterocycles. The molecule has 1 rings (SSSR count). The van der Waals surface area contributed by atoms with Gasteiger partial charge < -0.3 is 4.42 Å². The van der Waals surface area contributed by atoms with Crippen molar-refractivity contribution in [1.82, 2.24) is 0 Å². The Morgan fingerprint density at radius 2 is 1.81 bits per heavy atom. The third-order valence-electron chi connectivity index (χ3n) is 3.01. The van der Waals surface area contributed by atoms with Crippen molar-refractivity contribution in [3.05, 3.63) is 23.1 Å². The molecule has 0 bridgehead atoms. The van der Waals surface area contributed by atoms with Gasteiger partial charge in [0.2, 0.25) is 0 Å². The van der Waals surface area contributed by atoms with Crippen LogP contribution in [0.25, 0.3) is 0 Å². The molecule has 0 fully saturated rings. The van der Waals surface area contributed by atoms with Gasteiger partial charge in [-0.25, -0.2) is 0 Å². The first-order valence-electron chi connectivity index (χ1n) is 7.28. The minimum atomic E-state index is 0.643. The molecule has 0 saturated carbocycles. The molecule has 0 atom stereocenters. The molecule has 1 aromatic rings. The lowest BCUT2D eigenvalue weighted by molar-refractivity contribution is 0.448. The maximum atomic E-state index is 8.02. The number of furan rings is 1. The van der Waals surface area contributed by atoms with Gasteiger partial charge in [-0.05, 0) is 31.4 Å². The number of aryl methyl sites for hydroxylation is 2. The smallest absolute Gasteiger partial charge is 0.107 e. The Bertz CT molecular complexity index is 328. The predicted molar refractivity (Wildman–Crippen MR) is 69.9 cm³/mol. The van der Waals surface area contributed by atoms with Crippen LogP contribution in [-0.2, 0) is 12.8 Å². The topological polar surface area (TPSA) is 13.1 Å². The first-order chi connectivity index (χ1) is 8.20. The molecule has 0 aliphatic rings. The van der Waals surface area contributed by atoms with Crippen molar-refractivity contribution in [3.8, 4) is 0 Å². The Kier molecular flexibility index (Phi) is 5.54. The highest BCUT2D eigenvalue weighted by Gasteiger charge is 2.06. The highest BCUT2D eigenvalue weighted by Crippen LogP contribution is 2.19. The summed E-state index contributed by atoms with van der Waals surface area (Å²) in [7, 11) is 0. The van der Waals surface area contributed by atoms with Gasteiger partial charge in [-0.3, -0.25) is 0 Å². The van der Waals surface area contributed by atoms with E-state index >= 15 is 0 Å². The van der Waals surface area contributed by atoms with Gasteiger partial charge in [0, 0.05) is 12.8 Å². The Morgan fingerprint density at radius 3 is 2.50 bits per heavy atom. The Hall–Kier alpha value is -0.720. The zero-order valence-corrected chi connectivity index (χ0v) is 11.1. The monoisotopic (exact) mass is 223 g/mol. The van der Waals surface area contributed by atoms with E-state index in [-0.39, 0.29) is 0 Å². The molecule has 1 aromatic heterocycles. The SMILES string of the molecule is [2H]c1c(CCCC)oc(CCCCCC)c1C. The maximum absolute atomic E-state index is 8.02. The van der Waals surface area contributed by atoms with Crippen LogP contribution in [0.4, 0.5) is 0 Å². The molecule has 1 heteroatoms. The van der Waals surface area contributed by atoms with Crippen LogP contribution in [0.3, 0.4) is 0 Å². The summed E-state index contributed by atoms with van der Waals surface area (Å²) in [4.78, 5) is 0. The zero-order valence-electron chi connectivity index (χ0n) is 12.1. The van der Waals surface area contributed by atoms with Gasteiger partial charge in [0.15, 0.2) is 0 Å². The van der Waals surface area contributed by atoms with Crippen LogP contribution in [0.1, 0.15) is 70.8 Å². The lowest BCUT2D eigenvalue weighted by atomic mass is 10.1. The van der Waals surface area contributed by atoms with Gasteiger partial charge in [-0.1, -0.05) is 39.5 Å². The fraction of sp³-hybridized carbons (Fsp3) is 0.733. The van der Waals surface area contributed by atoms with E-state index in [1.165, 1.54) is 25.7 Å². The van der Waals surface area contributed by atoms with Crippen molar-refractivity contribution in [2.24, 2.45) is 0 Å². The van der Waals surface area contributed by atoms with E-state index in [0.717, 1.165) is 42.8 Å². The van der Waals surface area contributed by atoms with Gasteiger partial charge in [0.05, 0.1) is 1.37 Å². The van der Waals surface area contributed by atoms with Crippen LogP contribution in [-0.4, -0.2) is 0 Å². The Balaban J connectivity index is 2.54. The quantitative estimate of drug-likeness (QED) is 0.562. The second-order valence-corrected chi connectivity index (χ2v) is 4.61.